The molecular weight excluding hydrogens is 172 g/mol. The molecule has 12 heavy (non-hydrogen) atoms. The van der Waals surface area contributed by atoms with Crippen LogP contribution in [0, 0.1) is 0 Å². The monoisotopic (exact) mass is 190 g/mol. The van der Waals surface area contributed by atoms with Crippen LogP contribution in [0.3, 0.4) is 0 Å². The van der Waals surface area contributed by atoms with Crippen LogP contribution in [0.4, 0.5) is 0 Å². The van der Waals surface area contributed by atoms with Crippen molar-refractivity contribution in [1.82, 2.24) is 0 Å². The van der Waals surface area contributed by atoms with E-state index >= 15 is 0 Å². The summed E-state index contributed by atoms with van der Waals surface area (Å²) in [6, 6.07) is 0. The van der Waals surface area contributed by atoms with Gasteiger partial charge in [0.15, 0.2) is 0 Å². The fourth-order valence-corrected chi connectivity index (χ4v) is 1.45. The molecule has 1 aliphatic heterocycles. The zero-order valence-electron chi connectivity index (χ0n) is 7.50. The molecule has 3 heteroatoms. The minimum absolute atomic E-state index is 0.360. The maximum atomic E-state index is 5.51. The van der Waals surface area contributed by atoms with Gasteiger partial charge in [-0.1, -0.05) is 0 Å². The minimum Gasteiger partial charge on any atom is -0.379 e. The molecule has 1 aliphatic rings. The average molecular weight is 190 g/mol. The van der Waals surface area contributed by atoms with Crippen molar-refractivity contribution >= 4 is 12.6 Å². The fraction of sp³-hybridized carbons (Fsp3) is 1.00. The second-order valence-corrected chi connectivity index (χ2v) is 3.59. The lowest BCUT2D eigenvalue weighted by atomic mass is 10.1. The van der Waals surface area contributed by atoms with Gasteiger partial charge in [-0.3, -0.25) is 0 Å². The zero-order chi connectivity index (χ0) is 8.65. The van der Waals surface area contributed by atoms with E-state index in [-0.39, 0.29) is 0 Å². The SMILES string of the molecule is SCCCOCC1CCCCO1. The molecule has 0 aromatic heterocycles. The van der Waals surface area contributed by atoms with Gasteiger partial charge in [0, 0.05) is 13.2 Å². The van der Waals surface area contributed by atoms with Gasteiger partial charge in [-0.2, -0.15) is 12.6 Å². The van der Waals surface area contributed by atoms with E-state index in [0.29, 0.717) is 6.10 Å². The number of hydrogen-bond donors (Lipinski definition) is 1. The van der Waals surface area contributed by atoms with Gasteiger partial charge in [0.05, 0.1) is 12.7 Å². The lowest BCUT2D eigenvalue weighted by molar-refractivity contribution is -0.0403. The molecule has 0 aromatic rings. The zero-order valence-corrected chi connectivity index (χ0v) is 8.39. The molecule has 0 bridgehead atoms. The molecule has 0 aromatic carbocycles. The highest BCUT2D eigenvalue weighted by atomic mass is 32.1. The van der Waals surface area contributed by atoms with Crippen LogP contribution in [0.1, 0.15) is 25.7 Å². The molecular formula is C9H18O2S. The molecule has 0 amide bonds. The first-order valence-electron chi connectivity index (χ1n) is 4.73. The van der Waals surface area contributed by atoms with Gasteiger partial charge in [0.1, 0.15) is 0 Å². The molecule has 1 saturated heterocycles. The van der Waals surface area contributed by atoms with Gasteiger partial charge in [-0.15, -0.1) is 0 Å². The normalized spacial score (nSPS) is 24.2. The van der Waals surface area contributed by atoms with Crippen molar-refractivity contribution in [3.8, 4) is 0 Å². The number of rotatable bonds is 5. The van der Waals surface area contributed by atoms with Crippen LogP contribution in [0.25, 0.3) is 0 Å². The highest BCUT2D eigenvalue weighted by Gasteiger charge is 2.12. The van der Waals surface area contributed by atoms with E-state index in [1.807, 2.05) is 0 Å². The molecule has 1 atom stereocenters. The summed E-state index contributed by atoms with van der Waals surface area (Å²) in [5, 5.41) is 0. The second-order valence-electron chi connectivity index (χ2n) is 3.14. The Morgan fingerprint density at radius 2 is 2.33 bits per heavy atom. The maximum Gasteiger partial charge on any atom is 0.0808 e. The summed E-state index contributed by atoms with van der Waals surface area (Å²) >= 11 is 4.11. The molecule has 0 spiro atoms. The van der Waals surface area contributed by atoms with E-state index in [4.69, 9.17) is 9.47 Å². The first-order chi connectivity index (χ1) is 5.93. The molecule has 2 nitrogen and oxygen atoms in total. The van der Waals surface area contributed by atoms with Crippen molar-refractivity contribution in [1.29, 1.82) is 0 Å². The van der Waals surface area contributed by atoms with Crippen molar-refractivity contribution in [2.75, 3.05) is 25.6 Å². The summed E-state index contributed by atoms with van der Waals surface area (Å²) < 4.78 is 11.0. The maximum absolute atomic E-state index is 5.51. The molecule has 1 heterocycles. The summed E-state index contributed by atoms with van der Waals surface area (Å²) in [4.78, 5) is 0. The molecule has 0 radical (unpaired) electrons. The Labute approximate surface area is 80.0 Å². The Morgan fingerprint density at radius 1 is 1.42 bits per heavy atom. The third-order valence-corrected chi connectivity index (χ3v) is 2.34. The van der Waals surface area contributed by atoms with Crippen molar-refractivity contribution in [2.24, 2.45) is 0 Å². The Balaban J connectivity index is 1.91. The summed E-state index contributed by atoms with van der Waals surface area (Å²) in [5.41, 5.74) is 0. The lowest BCUT2D eigenvalue weighted by Gasteiger charge is -2.22. The van der Waals surface area contributed by atoms with Crippen LogP contribution in [0.15, 0.2) is 0 Å². The van der Waals surface area contributed by atoms with Crippen LogP contribution in [0.5, 0.6) is 0 Å². The van der Waals surface area contributed by atoms with E-state index in [9.17, 15) is 0 Å². The van der Waals surface area contributed by atoms with Gasteiger partial charge in [-0.25, -0.2) is 0 Å². The van der Waals surface area contributed by atoms with Crippen LogP contribution in [0.2, 0.25) is 0 Å². The summed E-state index contributed by atoms with van der Waals surface area (Å²) in [6.45, 7) is 2.51. The molecule has 0 aliphatic carbocycles. The standard InChI is InChI=1S/C9H18O2S/c12-7-3-5-10-8-9-4-1-2-6-11-9/h9,12H,1-8H2. The van der Waals surface area contributed by atoms with Crippen LogP contribution in [-0.4, -0.2) is 31.7 Å². The predicted molar refractivity (Wildman–Crippen MR) is 52.9 cm³/mol. The Morgan fingerprint density at radius 3 is 3.00 bits per heavy atom. The summed E-state index contributed by atoms with van der Waals surface area (Å²) in [5.74, 6) is 0.908. The van der Waals surface area contributed by atoms with Crippen LogP contribution in [-0.2, 0) is 9.47 Å². The highest BCUT2D eigenvalue weighted by molar-refractivity contribution is 7.80. The van der Waals surface area contributed by atoms with Crippen molar-refractivity contribution in [2.45, 2.75) is 31.8 Å². The Bertz CT molecular complexity index is 103. The van der Waals surface area contributed by atoms with Gasteiger partial charge >= 0.3 is 0 Å². The average Bonchev–Trinajstić information content (AvgIpc) is 2.14. The molecule has 0 saturated carbocycles. The lowest BCUT2D eigenvalue weighted by Crippen LogP contribution is -2.24. The first kappa shape index (κ1) is 10.4. The third-order valence-electron chi connectivity index (χ3n) is 2.02. The first-order valence-corrected chi connectivity index (χ1v) is 5.37. The number of ether oxygens (including phenoxy) is 2. The van der Waals surface area contributed by atoms with E-state index in [2.05, 4.69) is 12.6 Å². The molecule has 1 rings (SSSR count). The van der Waals surface area contributed by atoms with Gasteiger partial charge in [0.25, 0.3) is 0 Å². The topological polar surface area (TPSA) is 18.5 Å². The second kappa shape index (κ2) is 6.75. The predicted octanol–water partition coefficient (Wildman–Crippen LogP) is 1.89. The molecule has 0 N–H and O–H groups in total. The quantitative estimate of drug-likeness (QED) is 0.527. The third kappa shape index (κ3) is 4.33. The van der Waals surface area contributed by atoms with Crippen LogP contribution < -0.4 is 0 Å². The minimum atomic E-state index is 0.360. The van der Waals surface area contributed by atoms with Crippen LogP contribution >= 0.6 is 12.6 Å². The van der Waals surface area contributed by atoms with Crippen molar-refractivity contribution in [3.63, 3.8) is 0 Å². The van der Waals surface area contributed by atoms with Gasteiger partial charge in [0.2, 0.25) is 0 Å². The van der Waals surface area contributed by atoms with Crippen molar-refractivity contribution in [3.05, 3.63) is 0 Å². The molecule has 1 unspecified atom stereocenters. The van der Waals surface area contributed by atoms with E-state index in [0.717, 1.165) is 32.0 Å². The van der Waals surface area contributed by atoms with E-state index in [1.165, 1.54) is 19.3 Å². The smallest absolute Gasteiger partial charge is 0.0808 e. The fourth-order valence-electron chi connectivity index (χ4n) is 1.32. The number of hydrogen-bond acceptors (Lipinski definition) is 3. The Hall–Kier alpha value is 0.270. The van der Waals surface area contributed by atoms with Crippen molar-refractivity contribution < 1.29 is 9.47 Å². The Kier molecular flexibility index (Phi) is 5.82. The van der Waals surface area contributed by atoms with E-state index in [1.54, 1.807) is 0 Å². The highest BCUT2D eigenvalue weighted by Crippen LogP contribution is 2.12. The largest absolute Gasteiger partial charge is 0.379 e. The molecule has 72 valence electrons. The van der Waals surface area contributed by atoms with Gasteiger partial charge < -0.3 is 9.47 Å². The molecule has 1 fully saturated rings. The number of thiol groups is 1. The summed E-state index contributed by atoms with van der Waals surface area (Å²) in [6.07, 6.45) is 5.07. The summed E-state index contributed by atoms with van der Waals surface area (Å²) in [7, 11) is 0. The van der Waals surface area contributed by atoms with Gasteiger partial charge in [-0.05, 0) is 31.4 Å². The van der Waals surface area contributed by atoms with E-state index < -0.39 is 0 Å².